The summed E-state index contributed by atoms with van der Waals surface area (Å²) in [4.78, 5) is 12.2. The zero-order valence-corrected chi connectivity index (χ0v) is 11.2. The van der Waals surface area contributed by atoms with Gasteiger partial charge < -0.3 is 5.32 Å². The summed E-state index contributed by atoms with van der Waals surface area (Å²) < 4.78 is 1.58. The van der Waals surface area contributed by atoms with E-state index in [4.69, 9.17) is 0 Å². The molecule has 1 N–H and O–H groups in total. The van der Waals surface area contributed by atoms with Crippen LogP contribution in [-0.4, -0.2) is 31.4 Å². The second-order valence-corrected chi connectivity index (χ2v) is 5.55. The van der Waals surface area contributed by atoms with E-state index in [1.807, 2.05) is 24.3 Å². The minimum atomic E-state index is -0.169. The lowest BCUT2D eigenvalue weighted by Gasteiger charge is -2.11. The smallest absolute Gasteiger partial charge is 0.237 e. The Hall–Kier alpha value is -1.89. The van der Waals surface area contributed by atoms with Crippen LogP contribution in [0, 0.1) is 0 Å². The molecule has 0 saturated heterocycles. The van der Waals surface area contributed by atoms with Crippen molar-refractivity contribution in [3.63, 3.8) is 0 Å². The highest BCUT2D eigenvalue weighted by Crippen LogP contribution is 2.29. The number of amides is 1. The van der Waals surface area contributed by atoms with Gasteiger partial charge in [0.25, 0.3) is 0 Å². The number of rotatable bonds is 2. The van der Waals surface area contributed by atoms with Crippen molar-refractivity contribution >= 4 is 23.4 Å². The molecular weight excluding hydrogens is 262 g/mol. The third kappa shape index (κ3) is 2.46. The van der Waals surface area contributed by atoms with Gasteiger partial charge in [0.05, 0.1) is 5.25 Å². The van der Waals surface area contributed by atoms with Gasteiger partial charge in [-0.25, -0.2) is 4.68 Å². The van der Waals surface area contributed by atoms with Crippen molar-refractivity contribution < 1.29 is 4.79 Å². The standard InChI is InChI=1S/C12H13N5OS/c1-17-12(14-15-16-17)19-10-7-6-8-4-2-3-5-9(8)13-11(10)18/h2-5,10H,6-7H2,1H3,(H,13,18)/t10-/m1/s1. The maximum atomic E-state index is 12.2. The van der Waals surface area contributed by atoms with Gasteiger partial charge in [-0.15, -0.1) is 5.10 Å². The zero-order valence-electron chi connectivity index (χ0n) is 10.4. The van der Waals surface area contributed by atoms with Crippen molar-refractivity contribution in [2.24, 2.45) is 7.05 Å². The number of fused-ring (bicyclic) bond motifs is 1. The Morgan fingerprint density at radius 2 is 2.26 bits per heavy atom. The molecule has 2 heterocycles. The molecule has 1 aliphatic rings. The van der Waals surface area contributed by atoms with Crippen molar-refractivity contribution in [2.45, 2.75) is 23.2 Å². The predicted molar refractivity (Wildman–Crippen MR) is 71.8 cm³/mol. The topological polar surface area (TPSA) is 72.7 Å². The van der Waals surface area contributed by atoms with Crippen molar-refractivity contribution in [1.29, 1.82) is 0 Å². The first-order chi connectivity index (χ1) is 9.24. The average Bonchev–Trinajstić information content (AvgIpc) is 2.73. The first-order valence-corrected chi connectivity index (χ1v) is 6.90. The fourth-order valence-electron chi connectivity index (χ4n) is 2.05. The minimum Gasteiger partial charge on any atom is -0.325 e. The van der Waals surface area contributed by atoms with E-state index < -0.39 is 0 Å². The highest BCUT2D eigenvalue weighted by molar-refractivity contribution is 8.00. The zero-order chi connectivity index (χ0) is 13.2. The normalized spacial score (nSPS) is 18.6. The van der Waals surface area contributed by atoms with Crippen LogP contribution in [-0.2, 0) is 18.3 Å². The van der Waals surface area contributed by atoms with Crippen LogP contribution in [0.4, 0.5) is 5.69 Å². The molecule has 7 heteroatoms. The van der Waals surface area contributed by atoms with Crippen molar-refractivity contribution in [3.05, 3.63) is 29.8 Å². The Morgan fingerprint density at radius 1 is 1.42 bits per heavy atom. The molecule has 3 rings (SSSR count). The molecule has 1 atom stereocenters. The molecule has 0 spiro atoms. The van der Waals surface area contributed by atoms with Crippen LogP contribution in [0.2, 0.25) is 0 Å². The molecule has 1 aromatic carbocycles. The number of aryl methyl sites for hydroxylation is 2. The number of anilines is 1. The Bertz CT molecular complexity index is 612. The number of carbonyl (C=O) groups excluding carboxylic acids is 1. The van der Waals surface area contributed by atoms with Crippen LogP contribution < -0.4 is 5.32 Å². The molecule has 98 valence electrons. The van der Waals surface area contributed by atoms with E-state index in [1.165, 1.54) is 17.3 Å². The monoisotopic (exact) mass is 275 g/mol. The van der Waals surface area contributed by atoms with Crippen molar-refractivity contribution in [2.75, 3.05) is 5.32 Å². The van der Waals surface area contributed by atoms with Crippen LogP contribution in [0.3, 0.4) is 0 Å². The number of aromatic nitrogens is 4. The van der Waals surface area contributed by atoms with Gasteiger partial charge in [-0.2, -0.15) is 0 Å². The first-order valence-electron chi connectivity index (χ1n) is 6.02. The van der Waals surface area contributed by atoms with E-state index in [0.29, 0.717) is 5.16 Å². The van der Waals surface area contributed by atoms with Gasteiger partial charge in [0, 0.05) is 12.7 Å². The van der Waals surface area contributed by atoms with Gasteiger partial charge in [-0.05, 0) is 34.9 Å². The lowest BCUT2D eigenvalue weighted by Crippen LogP contribution is -2.24. The number of nitrogens with one attached hydrogen (secondary N) is 1. The Morgan fingerprint density at radius 3 is 3.05 bits per heavy atom. The van der Waals surface area contributed by atoms with Crippen molar-refractivity contribution in [3.8, 4) is 0 Å². The molecule has 1 aromatic heterocycles. The summed E-state index contributed by atoms with van der Waals surface area (Å²) in [5.74, 6) is 0.0120. The van der Waals surface area contributed by atoms with Gasteiger partial charge in [0.2, 0.25) is 11.1 Å². The van der Waals surface area contributed by atoms with Crippen molar-refractivity contribution in [1.82, 2.24) is 20.2 Å². The summed E-state index contributed by atoms with van der Waals surface area (Å²) in [6, 6.07) is 7.90. The Balaban J connectivity index is 1.79. The summed E-state index contributed by atoms with van der Waals surface area (Å²) in [5.41, 5.74) is 2.08. The molecule has 0 fully saturated rings. The lowest BCUT2D eigenvalue weighted by molar-refractivity contribution is -0.115. The molecule has 1 aliphatic heterocycles. The molecule has 1 amide bonds. The molecular formula is C12H13N5OS. The lowest BCUT2D eigenvalue weighted by atomic mass is 10.1. The third-order valence-electron chi connectivity index (χ3n) is 3.07. The van der Waals surface area contributed by atoms with Gasteiger partial charge in [0.1, 0.15) is 0 Å². The van der Waals surface area contributed by atoms with E-state index >= 15 is 0 Å². The second-order valence-electron chi connectivity index (χ2n) is 4.38. The molecule has 0 bridgehead atoms. The molecule has 6 nitrogen and oxygen atoms in total. The van der Waals surface area contributed by atoms with E-state index in [0.717, 1.165) is 18.5 Å². The van der Waals surface area contributed by atoms with Gasteiger partial charge >= 0.3 is 0 Å². The second kappa shape index (κ2) is 5.00. The van der Waals surface area contributed by atoms with Crippen LogP contribution in [0.15, 0.2) is 29.4 Å². The highest BCUT2D eigenvalue weighted by atomic mass is 32.2. The number of para-hydroxylation sites is 1. The fraction of sp³-hybridized carbons (Fsp3) is 0.333. The third-order valence-corrected chi connectivity index (χ3v) is 4.36. The number of carbonyl (C=O) groups is 1. The first kappa shape index (κ1) is 12.2. The fourth-order valence-corrected chi connectivity index (χ4v) is 2.98. The summed E-state index contributed by atoms with van der Waals surface area (Å²) in [6.45, 7) is 0. The predicted octanol–water partition coefficient (Wildman–Crippen LogP) is 1.26. The van der Waals surface area contributed by atoms with Crippen LogP contribution in [0.1, 0.15) is 12.0 Å². The largest absolute Gasteiger partial charge is 0.325 e. The molecule has 0 radical (unpaired) electrons. The summed E-state index contributed by atoms with van der Waals surface area (Å²) in [7, 11) is 1.77. The van der Waals surface area contributed by atoms with E-state index in [2.05, 4.69) is 20.8 Å². The van der Waals surface area contributed by atoms with E-state index in [-0.39, 0.29) is 11.2 Å². The summed E-state index contributed by atoms with van der Waals surface area (Å²) in [5, 5.41) is 14.7. The Labute approximate surface area is 114 Å². The average molecular weight is 275 g/mol. The van der Waals surface area contributed by atoms with Crippen LogP contribution >= 0.6 is 11.8 Å². The summed E-state index contributed by atoms with van der Waals surface area (Å²) in [6.07, 6.45) is 1.65. The molecule has 2 aromatic rings. The number of benzene rings is 1. The maximum Gasteiger partial charge on any atom is 0.237 e. The molecule has 19 heavy (non-hydrogen) atoms. The highest BCUT2D eigenvalue weighted by Gasteiger charge is 2.26. The van der Waals surface area contributed by atoms with E-state index in [1.54, 1.807) is 11.7 Å². The Kier molecular flexibility index (Phi) is 3.20. The molecule has 0 aliphatic carbocycles. The molecule has 0 unspecified atom stereocenters. The summed E-state index contributed by atoms with van der Waals surface area (Å²) >= 11 is 1.40. The van der Waals surface area contributed by atoms with Crippen LogP contribution in [0.25, 0.3) is 0 Å². The number of nitrogens with zero attached hydrogens (tertiary/aromatic N) is 4. The number of tetrazole rings is 1. The van der Waals surface area contributed by atoms with Gasteiger partial charge in [0.15, 0.2) is 0 Å². The van der Waals surface area contributed by atoms with E-state index in [9.17, 15) is 4.79 Å². The minimum absolute atomic E-state index is 0.0120. The van der Waals surface area contributed by atoms with Gasteiger partial charge in [-0.3, -0.25) is 4.79 Å². The maximum absolute atomic E-state index is 12.2. The number of hydrogen-bond acceptors (Lipinski definition) is 5. The quantitative estimate of drug-likeness (QED) is 0.893. The number of hydrogen-bond donors (Lipinski definition) is 1. The molecule has 0 saturated carbocycles. The number of thioether (sulfide) groups is 1. The van der Waals surface area contributed by atoms with Gasteiger partial charge in [-0.1, -0.05) is 30.0 Å². The SMILES string of the molecule is Cn1nnnc1S[C@@H]1CCc2ccccc2NC1=O. The van der Waals surface area contributed by atoms with Crippen LogP contribution in [0.5, 0.6) is 0 Å².